The smallest absolute Gasteiger partial charge is 0.326 e. The zero-order chi connectivity index (χ0) is 12.7. The highest BCUT2D eigenvalue weighted by atomic mass is 32.1. The number of aromatic nitrogens is 1. The maximum Gasteiger partial charge on any atom is 0.326 e. The van der Waals surface area contributed by atoms with E-state index < -0.39 is 12.0 Å². The molecule has 0 spiro atoms. The third kappa shape index (κ3) is 1.71. The van der Waals surface area contributed by atoms with Gasteiger partial charge in [-0.25, -0.2) is 9.78 Å². The van der Waals surface area contributed by atoms with Gasteiger partial charge in [0.05, 0.1) is 5.51 Å². The van der Waals surface area contributed by atoms with E-state index in [1.165, 1.54) is 16.2 Å². The standard InChI is InChI=1S/C12H14N2O3S/c15-11(9-5-18-6-13-9)14-4-7-2-1-3-8(7)10(14)12(16)17/h5-8,10H,1-4H2,(H,16,17). The van der Waals surface area contributed by atoms with Crippen LogP contribution in [0, 0.1) is 11.8 Å². The van der Waals surface area contributed by atoms with Crippen molar-refractivity contribution in [1.82, 2.24) is 9.88 Å². The molecule has 5 nitrogen and oxygen atoms in total. The number of carboxylic acid groups (broad SMARTS) is 1. The maximum atomic E-state index is 12.3. The number of amides is 1. The fourth-order valence-electron chi connectivity index (χ4n) is 3.30. The molecule has 0 radical (unpaired) electrons. The molecule has 2 aliphatic rings. The summed E-state index contributed by atoms with van der Waals surface area (Å²) in [7, 11) is 0. The van der Waals surface area contributed by atoms with Crippen molar-refractivity contribution < 1.29 is 14.7 Å². The Kier molecular flexibility index (Phi) is 2.81. The second kappa shape index (κ2) is 4.35. The highest BCUT2D eigenvalue weighted by molar-refractivity contribution is 7.07. The minimum Gasteiger partial charge on any atom is -0.480 e. The van der Waals surface area contributed by atoms with Crippen LogP contribution in [0.25, 0.3) is 0 Å². The van der Waals surface area contributed by atoms with Gasteiger partial charge in [0, 0.05) is 11.9 Å². The molecule has 2 heterocycles. The van der Waals surface area contributed by atoms with Crippen LogP contribution in [0.15, 0.2) is 10.9 Å². The normalized spacial score (nSPS) is 30.4. The second-order valence-electron chi connectivity index (χ2n) is 4.97. The lowest BCUT2D eigenvalue weighted by Gasteiger charge is -2.23. The Morgan fingerprint density at radius 2 is 2.28 bits per heavy atom. The molecule has 3 rings (SSSR count). The summed E-state index contributed by atoms with van der Waals surface area (Å²) >= 11 is 1.35. The Morgan fingerprint density at radius 1 is 1.44 bits per heavy atom. The molecule has 1 N–H and O–H groups in total. The average molecular weight is 266 g/mol. The highest BCUT2D eigenvalue weighted by Gasteiger charge is 2.49. The van der Waals surface area contributed by atoms with Crippen LogP contribution in [0.3, 0.4) is 0 Å². The molecule has 96 valence electrons. The van der Waals surface area contributed by atoms with Gasteiger partial charge in [-0.3, -0.25) is 4.79 Å². The van der Waals surface area contributed by atoms with Crippen molar-refractivity contribution >= 4 is 23.2 Å². The summed E-state index contributed by atoms with van der Waals surface area (Å²) in [5.41, 5.74) is 1.96. The number of nitrogens with zero attached hydrogens (tertiary/aromatic N) is 2. The third-order valence-corrected chi connectivity index (χ3v) is 4.64. The molecular formula is C12H14N2O3S. The first-order valence-electron chi connectivity index (χ1n) is 6.10. The Balaban J connectivity index is 1.87. The van der Waals surface area contributed by atoms with Gasteiger partial charge < -0.3 is 10.0 Å². The number of thiazole rings is 1. The molecule has 6 heteroatoms. The molecule has 2 fully saturated rings. The van der Waals surface area contributed by atoms with E-state index in [1.54, 1.807) is 10.9 Å². The average Bonchev–Trinajstić information content (AvgIpc) is 3.03. The Hall–Kier alpha value is -1.43. The number of likely N-dealkylation sites (tertiary alicyclic amines) is 1. The Bertz CT molecular complexity index is 474. The summed E-state index contributed by atoms with van der Waals surface area (Å²) in [6.07, 6.45) is 3.04. The molecule has 1 aliphatic heterocycles. The molecule has 0 aromatic carbocycles. The fraction of sp³-hybridized carbons (Fsp3) is 0.583. The van der Waals surface area contributed by atoms with Gasteiger partial charge >= 0.3 is 5.97 Å². The van der Waals surface area contributed by atoms with Crippen LogP contribution >= 0.6 is 11.3 Å². The van der Waals surface area contributed by atoms with Gasteiger partial charge in [0.2, 0.25) is 0 Å². The van der Waals surface area contributed by atoms with Gasteiger partial charge in [0.15, 0.2) is 0 Å². The SMILES string of the molecule is O=C(O)C1C2CCCC2CN1C(=O)c1cscn1. The molecule has 1 aliphatic carbocycles. The summed E-state index contributed by atoms with van der Waals surface area (Å²) < 4.78 is 0. The molecule has 3 atom stereocenters. The minimum atomic E-state index is -0.882. The largest absolute Gasteiger partial charge is 0.480 e. The van der Waals surface area contributed by atoms with Gasteiger partial charge in [0.25, 0.3) is 5.91 Å². The van der Waals surface area contributed by atoms with Gasteiger partial charge in [-0.2, -0.15) is 0 Å². The molecule has 1 amide bonds. The highest BCUT2D eigenvalue weighted by Crippen LogP contribution is 2.42. The lowest BCUT2D eigenvalue weighted by atomic mass is 9.94. The first kappa shape index (κ1) is 11.6. The van der Waals surface area contributed by atoms with Crippen molar-refractivity contribution in [2.75, 3.05) is 6.54 Å². The third-order valence-electron chi connectivity index (χ3n) is 4.06. The van der Waals surface area contributed by atoms with E-state index in [0.717, 1.165) is 19.3 Å². The number of carbonyl (C=O) groups is 2. The van der Waals surface area contributed by atoms with Crippen LogP contribution in [-0.2, 0) is 4.79 Å². The number of rotatable bonds is 2. The van der Waals surface area contributed by atoms with Crippen LogP contribution in [0.2, 0.25) is 0 Å². The molecule has 0 bridgehead atoms. The number of aliphatic carboxylic acids is 1. The topological polar surface area (TPSA) is 70.5 Å². The second-order valence-corrected chi connectivity index (χ2v) is 5.69. The van der Waals surface area contributed by atoms with E-state index >= 15 is 0 Å². The monoisotopic (exact) mass is 266 g/mol. The van der Waals surface area contributed by atoms with E-state index in [0.29, 0.717) is 18.2 Å². The van der Waals surface area contributed by atoms with Crippen LogP contribution in [-0.4, -0.2) is 39.5 Å². The minimum absolute atomic E-state index is 0.130. The van der Waals surface area contributed by atoms with Crippen molar-refractivity contribution in [3.8, 4) is 0 Å². The van der Waals surface area contributed by atoms with E-state index in [4.69, 9.17) is 0 Å². The van der Waals surface area contributed by atoms with Crippen LogP contribution < -0.4 is 0 Å². The summed E-state index contributed by atoms with van der Waals surface area (Å²) in [5, 5.41) is 11.0. The molecule has 3 unspecified atom stereocenters. The number of carbonyl (C=O) groups excluding carboxylic acids is 1. The van der Waals surface area contributed by atoms with E-state index in [-0.39, 0.29) is 11.8 Å². The predicted octanol–water partition coefficient (Wildman–Crippen LogP) is 1.47. The lowest BCUT2D eigenvalue weighted by molar-refractivity contribution is -0.142. The Labute approximate surface area is 108 Å². The van der Waals surface area contributed by atoms with E-state index in [1.807, 2.05) is 0 Å². The fourth-order valence-corrected chi connectivity index (χ4v) is 3.82. The van der Waals surface area contributed by atoms with Gasteiger partial charge in [-0.05, 0) is 24.7 Å². The molecule has 1 aromatic heterocycles. The summed E-state index contributed by atoms with van der Waals surface area (Å²) in [6.45, 7) is 0.567. The summed E-state index contributed by atoms with van der Waals surface area (Å²) in [6, 6.07) is -0.660. The van der Waals surface area contributed by atoms with Crippen molar-refractivity contribution in [3.63, 3.8) is 0 Å². The van der Waals surface area contributed by atoms with Gasteiger partial charge in [0.1, 0.15) is 11.7 Å². The molecular weight excluding hydrogens is 252 g/mol. The van der Waals surface area contributed by atoms with Crippen LogP contribution in [0.4, 0.5) is 0 Å². The molecule has 1 saturated carbocycles. The Morgan fingerprint density at radius 3 is 2.94 bits per heavy atom. The first-order valence-corrected chi connectivity index (χ1v) is 7.04. The van der Waals surface area contributed by atoms with Crippen molar-refractivity contribution in [2.24, 2.45) is 11.8 Å². The predicted molar refractivity (Wildman–Crippen MR) is 65.4 cm³/mol. The first-order chi connectivity index (χ1) is 8.68. The summed E-state index contributed by atoms with van der Waals surface area (Å²) in [4.78, 5) is 29.2. The van der Waals surface area contributed by atoms with Gasteiger partial charge in [-0.1, -0.05) is 6.42 Å². The van der Waals surface area contributed by atoms with Crippen LogP contribution in [0.1, 0.15) is 29.8 Å². The number of fused-ring (bicyclic) bond motifs is 1. The van der Waals surface area contributed by atoms with E-state index in [2.05, 4.69) is 4.98 Å². The number of carboxylic acids is 1. The maximum absolute atomic E-state index is 12.3. The van der Waals surface area contributed by atoms with Crippen molar-refractivity contribution in [2.45, 2.75) is 25.3 Å². The number of hydrogen-bond donors (Lipinski definition) is 1. The molecule has 1 saturated heterocycles. The van der Waals surface area contributed by atoms with Crippen molar-refractivity contribution in [1.29, 1.82) is 0 Å². The lowest BCUT2D eigenvalue weighted by Crippen LogP contribution is -2.43. The quantitative estimate of drug-likeness (QED) is 0.880. The van der Waals surface area contributed by atoms with Gasteiger partial charge in [-0.15, -0.1) is 11.3 Å². The van der Waals surface area contributed by atoms with E-state index in [9.17, 15) is 14.7 Å². The summed E-state index contributed by atoms with van der Waals surface area (Å²) in [5.74, 6) is -0.634. The van der Waals surface area contributed by atoms with Crippen LogP contribution in [0.5, 0.6) is 0 Å². The zero-order valence-corrected chi connectivity index (χ0v) is 10.6. The molecule has 1 aromatic rings. The molecule has 18 heavy (non-hydrogen) atoms. The number of hydrogen-bond acceptors (Lipinski definition) is 4. The van der Waals surface area contributed by atoms with Crippen molar-refractivity contribution in [3.05, 3.63) is 16.6 Å². The zero-order valence-electron chi connectivity index (χ0n) is 9.78.